The summed E-state index contributed by atoms with van der Waals surface area (Å²) in [6, 6.07) is 0. The molecule has 0 aromatic carbocycles. The van der Waals surface area contributed by atoms with E-state index < -0.39 is 9.58 Å². The van der Waals surface area contributed by atoms with Gasteiger partial charge in [0.2, 0.25) is 0 Å². The van der Waals surface area contributed by atoms with Crippen molar-refractivity contribution in [3.05, 3.63) is 0 Å². The smallest absolute Gasteiger partial charge is 0.287 e. The number of aliphatic hydroxyl groups is 1. The molecule has 0 saturated heterocycles. The molecule has 1 rings (SSSR count). The molecule has 0 fully saturated rings. The Kier molecular flexibility index (Phi) is 3.41. The van der Waals surface area contributed by atoms with Crippen LogP contribution in [0.15, 0.2) is 5.16 Å². The van der Waals surface area contributed by atoms with Crippen LogP contribution in [0.3, 0.4) is 0 Å². The van der Waals surface area contributed by atoms with Crippen LogP contribution in [0, 0.1) is 0 Å². The van der Waals surface area contributed by atoms with E-state index in [4.69, 9.17) is 39.6 Å². The van der Waals surface area contributed by atoms with Crippen molar-refractivity contribution in [1.82, 2.24) is 0 Å². The zero-order valence-electron chi connectivity index (χ0n) is 6.60. The first-order chi connectivity index (χ1) is 5.76. The zero-order valence-corrected chi connectivity index (χ0v) is 10.5. The van der Waals surface area contributed by atoms with Gasteiger partial charge in [0.05, 0.1) is 17.0 Å². The highest BCUT2D eigenvalue weighted by Gasteiger charge is 2.54. The van der Waals surface area contributed by atoms with Crippen LogP contribution in [0.25, 0.3) is 0 Å². The first-order valence-electron chi connectivity index (χ1n) is 3.44. The van der Waals surface area contributed by atoms with Gasteiger partial charge in [0, 0.05) is 0 Å². The second kappa shape index (κ2) is 3.74. The van der Waals surface area contributed by atoms with Crippen LogP contribution in [-0.4, -0.2) is 25.2 Å². The molecule has 2 atom stereocenters. The standard InChI is InChI=1S/C6H7BrCl3NO2/c1-3(7)4-2-5(12,13-11-4)6(8,9)10/h3,12H,2H2,1H3. The van der Waals surface area contributed by atoms with E-state index in [1.807, 2.05) is 6.92 Å². The highest BCUT2D eigenvalue weighted by Crippen LogP contribution is 2.44. The molecule has 2 unspecified atom stereocenters. The van der Waals surface area contributed by atoms with Crippen LogP contribution < -0.4 is 0 Å². The second-order valence-corrected chi connectivity index (χ2v) is 6.40. The van der Waals surface area contributed by atoms with E-state index in [2.05, 4.69) is 21.1 Å². The molecule has 3 nitrogen and oxygen atoms in total. The van der Waals surface area contributed by atoms with E-state index in [0.717, 1.165) is 0 Å². The van der Waals surface area contributed by atoms with Crippen molar-refractivity contribution in [2.24, 2.45) is 5.16 Å². The van der Waals surface area contributed by atoms with Crippen LogP contribution >= 0.6 is 50.7 Å². The predicted molar refractivity (Wildman–Crippen MR) is 56.8 cm³/mol. The average Bonchev–Trinajstić information content (AvgIpc) is 2.31. The molecule has 0 radical (unpaired) electrons. The number of halogens is 4. The number of oxime groups is 1. The molecular weight excluding hydrogens is 304 g/mol. The fraction of sp³-hybridized carbons (Fsp3) is 0.833. The molecule has 0 aliphatic carbocycles. The molecule has 0 amide bonds. The van der Waals surface area contributed by atoms with Crippen molar-refractivity contribution in [1.29, 1.82) is 0 Å². The number of hydrogen-bond donors (Lipinski definition) is 1. The summed E-state index contributed by atoms with van der Waals surface area (Å²) in [5.74, 6) is -1.85. The number of hydrogen-bond acceptors (Lipinski definition) is 3. The SMILES string of the molecule is CC(Br)C1=NOC(O)(C(Cl)(Cl)Cl)C1. The predicted octanol–water partition coefficient (Wildman–Crippen LogP) is 2.60. The van der Waals surface area contributed by atoms with Gasteiger partial charge in [-0.25, -0.2) is 0 Å². The van der Waals surface area contributed by atoms with E-state index >= 15 is 0 Å². The Morgan fingerprint density at radius 2 is 2.23 bits per heavy atom. The molecule has 0 aromatic heterocycles. The summed E-state index contributed by atoms with van der Waals surface area (Å²) in [4.78, 5) is 4.68. The summed E-state index contributed by atoms with van der Waals surface area (Å²) in [5.41, 5.74) is 0.605. The quantitative estimate of drug-likeness (QED) is 0.756. The van der Waals surface area contributed by atoms with Gasteiger partial charge in [0.1, 0.15) is 0 Å². The van der Waals surface area contributed by atoms with Crippen LogP contribution in [0.4, 0.5) is 0 Å². The summed E-state index contributed by atoms with van der Waals surface area (Å²) < 4.78 is -1.90. The van der Waals surface area contributed by atoms with Crippen LogP contribution in [0.5, 0.6) is 0 Å². The molecule has 76 valence electrons. The lowest BCUT2D eigenvalue weighted by Crippen LogP contribution is -2.43. The maximum Gasteiger partial charge on any atom is 0.287 e. The van der Waals surface area contributed by atoms with Gasteiger partial charge >= 0.3 is 0 Å². The molecular formula is C6H7BrCl3NO2. The summed E-state index contributed by atoms with van der Waals surface area (Å²) in [6.07, 6.45) is 0.0793. The molecule has 0 saturated carbocycles. The molecule has 0 spiro atoms. The van der Waals surface area contributed by atoms with Gasteiger partial charge in [-0.15, -0.1) is 0 Å². The highest BCUT2D eigenvalue weighted by molar-refractivity contribution is 9.10. The minimum atomic E-state index is -1.90. The third-order valence-corrected chi connectivity index (χ3v) is 3.05. The van der Waals surface area contributed by atoms with Crippen molar-refractivity contribution in [2.45, 2.75) is 27.8 Å². The van der Waals surface area contributed by atoms with Crippen molar-refractivity contribution in [3.63, 3.8) is 0 Å². The Balaban J connectivity index is 2.73. The molecule has 1 aliphatic heterocycles. The van der Waals surface area contributed by atoms with Crippen molar-refractivity contribution < 1.29 is 9.94 Å². The van der Waals surface area contributed by atoms with E-state index in [-0.39, 0.29) is 11.2 Å². The number of alkyl halides is 4. The van der Waals surface area contributed by atoms with Gasteiger partial charge in [0.15, 0.2) is 0 Å². The first-order valence-corrected chi connectivity index (χ1v) is 5.49. The molecule has 1 N–H and O–H groups in total. The lowest BCUT2D eigenvalue weighted by Gasteiger charge is -2.27. The molecule has 13 heavy (non-hydrogen) atoms. The monoisotopic (exact) mass is 309 g/mol. The van der Waals surface area contributed by atoms with Gasteiger partial charge in [0.25, 0.3) is 9.58 Å². The zero-order chi connectivity index (χ0) is 10.3. The molecule has 7 heteroatoms. The van der Waals surface area contributed by atoms with Crippen molar-refractivity contribution in [2.75, 3.05) is 0 Å². The normalized spacial score (nSPS) is 31.1. The lowest BCUT2D eigenvalue weighted by atomic mass is 10.1. The third-order valence-electron chi connectivity index (χ3n) is 1.64. The maximum absolute atomic E-state index is 9.69. The van der Waals surface area contributed by atoms with Crippen LogP contribution in [0.1, 0.15) is 13.3 Å². The molecule has 1 heterocycles. The van der Waals surface area contributed by atoms with E-state index in [0.29, 0.717) is 5.71 Å². The minimum Gasteiger partial charge on any atom is -0.355 e. The Morgan fingerprint density at radius 1 is 1.69 bits per heavy atom. The fourth-order valence-electron chi connectivity index (χ4n) is 0.809. The molecule has 0 aromatic rings. The average molecular weight is 311 g/mol. The topological polar surface area (TPSA) is 41.8 Å². The molecule has 0 bridgehead atoms. The summed E-state index contributed by atoms with van der Waals surface area (Å²) >= 11 is 19.8. The van der Waals surface area contributed by atoms with Gasteiger partial charge in [-0.2, -0.15) is 0 Å². The first kappa shape index (κ1) is 11.9. The summed E-state index contributed by atoms with van der Waals surface area (Å²) in [5, 5.41) is 13.3. The van der Waals surface area contributed by atoms with Gasteiger partial charge < -0.3 is 9.94 Å². The minimum absolute atomic E-state index is 0.0196. The Hall–Kier alpha value is 0.780. The van der Waals surface area contributed by atoms with E-state index in [9.17, 15) is 5.11 Å². The Morgan fingerprint density at radius 3 is 2.46 bits per heavy atom. The van der Waals surface area contributed by atoms with Crippen LogP contribution in [-0.2, 0) is 4.84 Å². The fourth-order valence-corrected chi connectivity index (χ4v) is 1.36. The largest absolute Gasteiger partial charge is 0.355 e. The van der Waals surface area contributed by atoms with Gasteiger partial charge in [-0.05, 0) is 6.92 Å². The Bertz CT molecular complexity index is 241. The van der Waals surface area contributed by atoms with E-state index in [1.165, 1.54) is 0 Å². The van der Waals surface area contributed by atoms with Crippen molar-refractivity contribution in [3.8, 4) is 0 Å². The second-order valence-electron chi connectivity index (χ2n) is 2.75. The van der Waals surface area contributed by atoms with Crippen LogP contribution in [0.2, 0.25) is 0 Å². The number of nitrogens with zero attached hydrogens (tertiary/aromatic N) is 1. The molecule has 1 aliphatic rings. The van der Waals surface area contributed by atoms with Gasteiger partial charge in [-0.1, -0.05) is 55.9 Å². The lowest BCUT2D eigenvalue weighted by molar-refractivity contribution is -0.181. The number of rotatable bonds is 1. The third kappa shape index (κ3) is 2.42. The van der Waals surface area contributed by atoms with E-state index in [1.54, 1.807) is 0 Å². The maximum atomic E-state index is 9.69. The summed E-state index contributed by atoms with van der Waals surface area (Å²) in [7, 11) is 0. The summed E-state index contributed by atoms with van der Waals surface area (Å²) in [6.45, 7) is 1.84. The highest BCUT2D eigenvalue weighted by atomic mass is 79.9. The Labute approximate surface area is 99.1 Å². The van der Waals surface area contributed by atoms with Crippen molar-refractivity contribution >= 4 is 56.4 Å². The van der Waals surface area contributed by atoms with Gasteiger partial charge in [-0.3, -0.25) is 0 Å².